The van der Waals surface area contributed by atoms with Crippen molar-refractivity contribution in [2.75, 3.05) is 0 Å². The minimum absolute atomic E-state index is 0.0652. The van der Waals surface area contributed by atoms with Crippen molar-refractivity contribution < 1.29 is 19.8 Å². The summed E-state index contributed by atoms with van der Waals surface area (Å²) in [5.41, 5.74) is 0.0652. The fourth-order valence-electron chi connectivity index (χ4n) is 3.75. The number of rotatable bonds is 17. The summed E-state index contributed by atoms with van der Waals surface area (Å²) in [4.78, 5) is 23.2. The zero-order valence-electron chi connectivity index (χ0n) is 17.8. The highest BCUT2D eigenvalue weighted by molar-refractivity contribution is 6.20. The summed E-state index contributed by atoms with van der Waals surface area (Å²) in [7, 11) is 0. The average Bonchev–Trinajstić information content (AvgIpc) is 2.68. The third-order valence-electron chi connectivity index (χ3n) is 5.57. The van der Waals surface area contributed by atoms with Crippen molar-refractivity contribution in [1.82, 2.24) is 0 Å². The Kier molecular flexibility index (Phi) is 13.4. The minimum atomic E-state index is -0.677. The lowest BCUT2D eigenvalue weighted by Crippen LogP contribution is -2.19. The summed E-state index contributed by atoms with van der Waals surface area (Å²) < 4.78 is 0. The molecule has 28 heavy (non-hydrogen) atoms. The number of unbranched alkanes of at least 4 members (excludes halogenated alkanes) is 15. The van der Waals surface area contributed by atoms with E-state index in [2.05, 4.69) is 6.92 Å². The van der Waals surface area contributed by atoms with Crippen LogP contribution in [0, 0.1) is 0 Å². The first-order valence-electron chi connectivity index (χ1n) is 11.5. The molecule has 0 bridgehead atoms. The number of allylic oxidation sites excluding steroid dienone is 2. The van der Waals surface area contributed by atoms with Crippen molar-refractivity contribution in [3.8, 4) is 0 Å². The van der Waals surface area contributed by atoms with E-state index in [1.165, 1.54) is 83.5 Å². The maximum Gasteiger partial charge on any atom is 0.227 e. The van der Waals surface area contributed by atoms with Crippen molar-refractivity contribution in [2.24, 2.45) is 0 Å². The second-order valence-corrected chi connectivity index (χ2v) is 8.10. The largest absolute Gasteiger partial charge is 0.504 e. The molecule has 0 saturated heterocycles. The van der Waals surface area contributed by atoms with Crippen LogP contribution < -0.4 is 0 Å². The van der Waals surface area contributed by atoms with Crippen LogP contribution >= 0.6 is 0 Å². The normalized spacial score (nSPS) is 14.7. The van der Waals surface area contributed by atoms with E-state index in [9.17, 15) is 19.8 Å². The van der Waals surface area contributed by atoms with Crippen LogP contribution in [0.2, 0.25) is 0 Å². The molecule has 0 radical (unpaired) electrons. The molecule has 160 valence electrons. The molecule has 0 unspecified atom stereocenters. The molecule has 0 aromatic rings. The van der Waals surface area contributed by atoms with Gasteiger partial charge in [-0.05, 0) is 12.8 Å². The molecule has 2 N–H and O–H groups in total. The standard InChI is InChI=1S/C24H40O4/c1-2-3-4-5-6-7-8-9-10-11-12-13-14-15-16-17-18-20-23(27)21(25)19-22(26)24(20)28/h19,25,28H,2-18H2,1H3. The van der Waals surface area contributed by atoms with Gasteiger partial charge < -0.3 is 10.2 Å². The number of aliphatic hydroxyl groups excluding tert-OH is 2. The van der Waals surface area contributed by atoms with Crippen LogP contribution in [0.1, 0.15) is 116 Å². The second kappa shape index (κ2) is 15.4. The van der Waals surface area contributed by atoms with E-state index < -0.39 is 23.1 Å². The van der Waals surface area contributed by atoms with Crippen LogP contribution in [0.3, 0.4) is 0 Å². The van der Waals surface area contributed by atoms with Crippen molar-refractivity contribution in [3.05, 3.63) is 23.2 Å². The number of Topliss-reactive ketones (excluding diaryl/α,β-unsaturated/α-hetero) is 1. The Morgan fingerprint density at radius 2 is 1.04 bits per heavy atom. The monoisotopic (exact) mass is 392 g/mol. The smallest absolute Gasteiger partial charge is 0.227 e. The molecule has 0 spiro atoms. The Labute approximate surface area is 171 Å². The van der Waals surface area contributed by atoms with Crippen LogP contribution in [0.4, 0.5) is 0 Å². The van der Waals surface area contributed by atoms with Gasteiger partial charge in [-0.2, -0.15) is 0 Å². The van der Waals surface area contributed by atoms with Crippen LogP contribution in [0.5, 0.6) is 0 Å². The topological polar surface area (TPSA) is 74.6 Å². The van der Waals surface area contributed by atoms with Gasteiger partial charge in [0.15, 0.2) is 11.5 Å². The van der Waals surface area contributed by atoms with Gasteiger partial charge in [0, 0.05) is 11.6 Å². The Hall–Kier alpha value is -1.58. The molecule has 0 aliphatic heterocycles. The number of ketones is 2. The molecule has 0 fully saturated rings. The fourth-order valence-corrected chi connectivity index (χ4v) is 3.75. The summed E-state index contributed by atoms with van der Waals surface area (Å²) in [6.45, 7) is 2.26. The molecule has 1 rings (SSSR count). The Morgan fingerprint density at radius 3 is 1.46 bits per heavy atom. The molecule has 0 saturated carbocycles. The highest BCUT2D eigenvalue weighted by Crippen LogP contribution is 2.22. The lowest BCUT2D eigenvalue weighted by atomic mass is 9.94. The van der Waals surface area contributed by atoms with E-state index in [4.69, 9.17) is 0 Å². The lowest BCUT2D eigenvalue weighted by molar-refractivity contribution is -0.119. The molecule has 0 aromatic heterocycles. The van der Waals surface area contributed by atoms with Crippen molar-refractivity contribution in [1.29, 1.82) is 0 Å². The molecule has 4 heteroatoms. The van der Waals surface area contributed by atoms with Gasteiger partial charge in [0.25, 0.3) is 0 Å². The molecule has 0 amide bonds. The van der Waals surface area contributed by atoms with Crippen LogP contribution in [-0.4, -0.2) is 21.8 Å². The van der Waals surface area contributed by atoms with Crippen LogP contribution in [-0.2, 0) is 9.59 Å². The predicted octanol–water partition coefficient (Wildman–Crippen LogP) is 7.04. The van der Waals surface area contributed by atoms with Gasteiger partial charge >= 0.3 is 0 Å². The lowest BCUT2D eigenvalue weighted by Gasteiger charge is -2.12. The first-order valence-corrected chi connectivity index (χ1v) is 11.5. The van der Waals surface area contributed by atoms with E-state index in [1.54, 1.807) is 0 Å². The third-order valence-corrected chi connectivity index (χ3v) is 5.57. The Morgan fingerprint density at radius 1 is 0.643 bits per heavy atom. The number of hydrogen-bond donors (Lipinski definition) is 2. The van der Waals surface area contributed by atoms with Crippen molar-refractivity contribution in [3.63, 3.8) is 0 Å². The average molecular weight is 393 g/mol. The van der Waals surface area contributed by atoms with E-state index >= 15 is 0 Å². The van der Waals surface area contributed by atoms with Gasteiger partial charge in [-0.25, -0.2) is 0 Å². The van der Waals surface area contributed by atoms with E-state index in [0.717, 1.165) is 25.3 Å². The number of carbonyl (C=O) groups excluding carboxylic acids is 2. The van der Waals surface area contributed by atoms with Gasteiger partial charge in [-0.3, -0.25) is 9.59 Å². The van der Waals surface area contributed by atoms with Crippen LogP contribution in [0.15, 0.2) is 23.2 Å². The highest BCUT2D eigenvalue weighted by atomic mass is 16.3. The summed E-state index contributed by atoms with van der Waals surface area (Å²) in [6.07, 6.45) is 21.5. The van der Waals surface area contributed by atoms with Crippen molar-refractivity contribution in [2.45, 2.75) is 116 Å². The van der Waals surface area contributed by atoms with Gasteiger partial charge in [0.2, 0.25) is 11.6 Å². The van der Waals surface area contributed by atoms with E-state index in [1.807, 2.05) is 0 Å². The zero-order chi connectivity index (χ0) is 20.6. The molecule has 0 atom stereocenters. The summed E-state index contributed by atoms with van der Waals surface area (Å²) in [6, 6.07) is 0. The van der Waals surface area contributed by atoms with Crippen LogP contribution in [0.25, 0.3) is 0 Å². The summed E-state index contributed by atoms with van der Waals surface area (Å²) in [5, 5.41) is 19.1. The highest BCUT2D eigenvalue weighted by Gasteiger charge is 2.27. The Balaban J connectivity index is 1.90. The molecular formula is C24H40O4. The minimum Gasteiger partial charge on any atom is -0.504 e. The number of aliphatic hydroxyl groups is 2. The molecule has 0 heterocycles. The fraction of sp³-hybridized carbons (Fsp3) is 0.750. The molecule has 1 aliphatic rings. The van der Waals surface area contributed by atoms with Gasteiger partial charge in [-0.1, -0.05) is 103 Å². The van der Waals surface area contributed by atoms with Crippen molar-refractivity contribution >= 4 is 11.6 Å². The first-order chi connectivity index (χ1) is 13.6. The zero-order valence-corrected chi connectivity index (χ0v) is 17.8. The van der Waals surface area contributed by atoms with E-state index in [0.29, 0.717) is 6.42 Å². The second-order valence-electron chi connectivity index (χ2n) is 8.10. The quantitative estimate of drug-likeness (QED) is 0.205. The number of carbonyl (C=O) groups is 2. The molecule has 0 aromatic carbocycles. The summed E-state index contributed by atoms with van der Waals surface area (Å²) in [5.74, 6) is -2.35. The van der Waals surface area contributed by atoms with Gasteiger partial charge in [0.05, 0.1) is 0 Å². The Bertz CT molecular complexity index is 531. The maximum absolute atomic E-state index is 11.8. The first kappa shape index (κ1) is 24.5. The summed E-state index contributed by atoms with van der Waals surface area (Å²) >= 11 is 0. The molecule has 4 nitrogen and oxygen atoms in total. The van der Waals surface area contributed by atoms with Gasteiger partial charge in [-0.15, -0.1) is 0 Å². The molecule has 1 aliphatic carbocycles. The SMILES string of the molecule is CCCCCCCCCCCCCCCCCCC1=C(O)C(=O)C=C(O)C1=O. The van der Waals surface area contributed by atoms with Gasteiger partial charge in [0.1, 0.15) is 0 Å². The number of hydrogen-bond acceptors (Lipinski definition) is 4. The molecular weight excluding hydrogens is 352 g/mol. The predicted molar refractivity (Wildman–Crippen MR) is 115 cm³/mol. The third kappa shape index (κ3) is 10.1. The maximum atomic E-state index is 11.8. The van der Waals surface area contributed by atoms with E-state index in [-0.39, 0.29) is 5.57 Å².